The summed E-state index contributed by atoms with van der Waals surface area (Å²) in [5, 5.41) is 3.59. The Morgan fingerprint density at radius 2 is 1.96 bits per heavy atom. The lowest BCUT2D eigenvalue weighted by atomic mass is 9.69. The highest BCUT2D eigenvalue weighted by Crippen LogP contribution is 2.40. The molecule has 0 heterocycles. The highest BCUT2D eigenvalue weighted by atomic mass is 16.5. The van der Waals surface area contributed by atoms with Crippen molar-refractivity contribution >= 4 is 0 Å². The molecule has 0 radical (unpaired) electrons. The second kappa shape index (κ2) is 10.00. The van der Waals surface area contributed by atoms with Crippen molar-refractivity contribution in [1.29, 1.82) is 0 Å². The maximum Gasteiger partial charge on any atom is 0.161 e. The Labute approximate surface area is 152 Å². The minimum absolute atomic E-state index is 0.340. The zero-order valence-electron chi connectivity index (χ0n) is 16.3. The lowest BCUT2D eigenvalue weighted by Crippen LogP contribution is -2.43. The van der Waals surface area contributed by atoms with Crippen LogP contribution in [-0.2, 0) is 11.3 Å². The molecule has 142 valence electrons. The van der Waals surface area contributed by atoms with E-state index in [1.165, 1.54) is 24.8 Å². The highest BCUT2D eigenvalue weighted by Gasteiger charge is 2.36. The van der Waals surface area contributed by atoms with E-state index in [2.05, 4.69) is 22.3 Å². The molecule has 1 aromatic carbocycles. The number of hydrogen-bond donors (Lipinski definition) is 1. The molecular formula is C20H34N2O3. The molecule has 0 spiro atoms. The Morgan fingerprint density at radius 1 is 1.16 bits per heavy atom. The summed E-state index contributed by atoms with van der Waals surface area (Å²) in [6.07, 6.45) is 3.84. The molecule has 1 aliphatic rings. The molecule has 5 heteroatoms. The molecular weight excluding hydrogens is 316 g/mol. The fourth-order valence-electron chi connectivity index (χ4n) is 3.22. The van der Waals surface area contributed by atoms with E-state index in [1.807, 2.05) is 27.1 Å². The summed E-state index contributed by atoms with van der Waals surface area (Å²) in [7, 11) is 5.88. The molecule has 0 unspecified atom stereocenters. The summed E-state index contributed by atoms with van der Waals surface area (Å²) in [4.78, 5) is 2.11. The molecule has 2 rings (SSSR count). The largest absolute Gasteiger partial charge is 0.490 e. The summed E-state index contributed by atoms with van der Waals surface area (Å²) in [5.74, 6) is 1.65. The van der Waals surface area contributed by atoms with Crippen molar-refractivity contribution in [2.75, 3.05) is 54.1 Å². The number of benzene rings is 1. The Kier molecular flexibility index (Phi) is 8.00. The van der Waals surface area contributed by atoms with Crippen molar-refractivity contribution < 1.29 is 14.2 Å². The van der Waals surface area contributed by atoms with Gasteiger partial charge in [0.05, 0.1) is 13.2 Å². The van der Waals surface area contributed by atoms with Crippen molar-refractivity contribution in [1.82, 2.24) is 10.2 Å². The molecule has 0 aromatic heterocycles. The van der Waals surface area contributed by atoms with Crippen LogP contribution in [0.15, 0.2) is 18.2 Å². The third-order valence-electron chi connectivity index (χ3n) is 4.80. The minimum Gasteiger partial charge on any atom is -0.490 e. The predicted octanol–water partition coefficient (Wildman–Crippen LogP) is 2.93. The smallest absolute Gasteiger partial charge is 0.161 e. The van der Waals surface area contributed by atoms with Crippen molar-refractivity contribution in [3.05, 3.63) is 23.8 Å². The fraction of sp³-hybridized carbons (Fsp3) is 0.700. The molecule has 1 N–H and O–H groups in total. The van der Waals surface area contributed by atoms with E-state index in [0.29, 0.717) is 18.6 Å². The third-order valence-corrected chi connectivity index (χ3v) is 4.80. The van der Waals surface area contributed by atoms with Gasteiger partial charge in [0, 0.05) is 32.2 Å². The lowest BCUT2D eigenvalue weighted by Gasteiger charge is -2.41. The van der Waals surface area contributed by atoms with Gasteiger partial charge < -0.3 is 24.4 Å². The Bertz CT molecular complexity index is 516. The number of likely N-dealkylation sites (N-methyl/N-ethyl adjacent to an activating group) is 1. The first-order valence-electron chi connectivity index (χ1n) is 9.31. The number of nitrogens with zero attached hydrogens (tertiary/aromatic N) is 1. The van der Waals surface area contributed by atoms with Gasteiger partial charge in [-0.1, -0.05) is 12.5 Å². The van der Waals surface area contributed by atoms with E-state index >= 15 is 0 Å². The normalized spacial score (nSPS) is 15.9. The van der Waals surface area contributed by atoms with E-state index in [-0.39, 0.29) is 0 Å². The van der Waals surface area contributed by atoms with Crippen LogP contribution in [0.2, 0.25) is 0 Å². The van der Waals surface area contributed by atoms with Crippen LogP contribution in [0.25, 0.3) is 0 Å². The van der Waals surface area contributed by atoms with E-state index in [9.17, 15) is 0 Å². The maximum atomic E-state index is 5.87. The Morgan fingerprint density at radius 3 is 2.56 bits per heavy atom. The fourth-order valence-corrected chi connectivity index (χ4v) is 3.22. The molecule has 1 aromatic rings. The molecule has 1 aliphatic carbocycles. The second-order valence-corrected chi connectivity index (χ2v) is 7.26. The lowest BCUT2D eigenvalue weighted by molar-refractivity contribution is 0.0177. The zero-order valence-corrected chi connectivity index (χ0v) is 16.3. The summed E-state index contributed by atoms with van der Waals surface area (Å²) in [6.45, 7) is 6.87. The number of hydrogen-bond acceptors (Lipinski definition) is 5. The Balaban J connectivity index is 1.88. The van der Waals surface area contributed by atoms with Gasteiger partial charge in [-0.3, -0.25) is 0 Å². The van der Waals surface area contributed by atoms with Crippen LogP contribution in [0.1, 0.15) is 31.7 Å². The summed E-state index contributed by atoms with van der Waals surface area (Å²) >= 11 is 0. The van der Waals surface area contributed by atoms with E-state index in [4.69, 9.17) is 14.2 Å². The molecule has 0 aliphatic heterocycles. The minimum atomic E-state index is 0.340. The van der Waals surface area contributed by atoms with Crippen molar-refractivity contribution in [3.63, 3.8) is 0 Å². The molecule has 5 nitrogen and oxygen atoms in total. The van der Waals surface area contributed by atoms with Crippen molar-refractivity contribution in [2.24, 2.45) is 5.41 Å². The summed E-state index contributed by atoms with van der Waals surface area (Å²) in [6, 6.07) is 6.22. The van der Waals surface area contributed by atoms with Crippen LogP contribution >= 0.6 is 0 Å². The standard InChI is InChI=1S/C20H34N2O3/c1-5-24-19-13-17(7-8-18(19)25-12-11-22(2)3)14-21-15-20(16-23-4)9-6-10-20/h7-8,13,21H,5-6,9-12,14-16H2,1-4H3. The van der Waals surface area contributed by atoms with E-state index < -0.39 is 0 Å². The number of nitrogens with one attached hydrogen (secondary N) is 1. The first-order valence-corrected chi connectivity index (χ1v) is 9.31. The Hall–Kier alpha value is -1.30. The van der Waals surface area contributed by atoms with Gasteiger partial charge in [-0.15, -0.1) is 0 Å². The van der Waals surface area contributed by atoms with E-state index in [1.54, 1.807) is 7.11 Å². The average Bonchev–Trinajstić information content (AvgIpc) is 2.54. The van der Waals surface area contributed by atoms with Crippen molar-refractivity contribution in [2.45, 2.75) is 32.7 Å². The van der Waals surface area contributed by atoms with Crippen LogP contribution in [0.4, 0.5) is 0 Å². The van der Waals surface area contributed by atoms with Gasteiger partial charge in [-0.25, -0.2) is 0 Å². The summed E-state index contributed by atoms with van der Waals surface area (Å²) in [5.41, 5.74) is 1.56. The number of ether oxygens (including phenoxy) is 3. The zero-order chi connectivity index (χ0) is 18.1. The van der Waals surface area contributed by atoms with Crippen molar-refractivity contribution in [3.8, 4) is 11.5 Å². The van der Waals surface area contributed by atoms with Crippen LogP contribution in [-0.4, -0.2) is 59.0 Å². The SMILES string of the molecule is CCOc1cc(CNCC2(COC)CCC2)ccc1OCCN(C)C. The van der Waals surface area contributed by atoms with Gasteiger partial charge in [-0.2, -0.15) is 0 Å². The highest BCUT2D eigenvalue weighted by molar-refractivity contribution is 5.43. The van der Waals surface area contributed by atoms with Gasteiger partial charge in [0.1, 0.15) is 6.61 Å². The number of rotatable bonds is 12. The van der Waals surface area contributed by atoms with Gasteiger partial charge >= 0.3 is 0 Å². The molecule has 25 heavy (non-hydrogen) atoms. The van der Waals surface area contributed by atoms with Crippen LogP contribution < -0.4 is 14.8 Å². The van der Waals surface area contributed by atoms with Gasteiger partial charge in [0.15, 0.2) is 11.5 Å². The first-order chi connectivity index (χ1) is 12.1. The molecule has 0 saturated heterocycles. The van der Waals surface area contributed by atoms with Gasteiger partial charge in [0.25, 0.3) is 0 Å². The van der Waals surface area contributed by atoms with Crippen LogP contribution in [0.5, 0.6) is 11.5 Å². The van der Waals surface area contributed by atoms with Crippen LogP contribution in [0.3, 0.4) is 0 Å². The molecule has 1 fully saturated rings. The molecule has 1 saturated carbocycles. The maximum absolute atomic E-state index is 5.87. The quantitative estimate of drug-likeness (QED) is 0.628. The van der Waals surface area contributed by atoms with Gasteiger partial charge in [0.2, 0.25) is 0 Å². The topological polar surface area (TPSA) is 43.0 Å². The van der Waals surface area contributed by atoms with Crippen LogP contribution in [0, 0.1) is 5.41 Å². The number of methoxy groups -OCH3 is 1. The first kappa shape index (κ1) is 20.0. The second-order valence-electron chi connectivity index (χ2n) is 7.26. The third kappa shape index (κ3) is 6.17. The van der Waals surface area contributed by atoms with E-state index in [0.717, 1.165) is 37.7 Å². The predicted molar refractivity (Wildman–Crippen MR) is 102 cm³/mol. The molecule has 0 amide bonds. The molecule has 0 atom stereocenters. The average molecular weight is 351 g/mol. The summed E-state index contributed by atoms with van der Waals surface area (Å²) < 4.78 is 17.0. The molecule has 0 bridgehead atoms. The van der Waals surface area contributed by atoms with Gasteiger partial charge in [-0.05, 0) is 51.6 Å². The monoisotopic (exact) mass is 350 g/mol.